The standard InChI is InChI=1S/C16H14N4O2/c1-2-19(9-21)12-5-3-4-10-11(12)8-13-14(10)18-16(22)15-17-6-7-20(13)15/h3-7,9H,2,8H2,1H3,(H,18,22). The first-order chi connectivity index (χ1) is 10.7. The van der Waals surface area contributed by atoms with Crippen molar-refractivity contribution in [3.63, 3.8) is 0 Å². The molecule has 0 radical (unpaired) electrons. The summed E-state index contributed by atoms with van der Waals surface area (Å²) in [7, 11) is 0. The molecule has 1 N–H and O–H groups in total. The number of H-pyrrole nitrogens is 1. The number of nitrogens with zero attached hydrogens (tertiary/aromatic N) is 3. The largest absolute Gasteiger partial charge is 0.317 e. The number of amides is 1. The molecule has 110 valence electrons. The minimum absolute atomic E-state index is 0.204. The van der Waals surface area contributed by atoms with E-state index in [2.05, 4.69) is 9.97 Å². The third-order valence-electron chi connectivity index (χ3n) is 4.20. The number of fused-ring (bicyclic) bond motifs is 5. The molecule has 22 heavy (non-hydrogen) atoms. The number of anilines is 1. The lowest BCUT2D eigenvalue weighted by Crippen LogP contribution is -2.21. The SMILES string of the molecule is CCN(C=O)c1cccc2c1Cc1c-2[nH]c(=O)c2nccn12. The first-order valence-corrected chi connectivity index (χ1v) is 7.17. The summed E-state index contributed by atoms with van der Waals surface area (Å²) < 4.78 is 1.83. The second kappa shape index (κ2) is 4.56. The van der Waals surface area contributed by atoms with Gasteiger partial charge in [0.05, 0.1) is 11.4 Å². The van der Waals surface area contributed by atoms with E-state index in [1.807, 2.05) is 29.5 Å². The van der Waals surface area contributed by atoms with Crippen molar-refractivity contribution in [3.8, 4) is 11.3 Å². The maximum Gasteiger partial charge on any atom is 0.292 e. The summed E-state index contributed by atoms with van der Waals surface area (Å²) in [6, 6.07) is 5.82. The van der Waals surface area contributed by atoms with Crippen molar-refractivity contribution < 1.29 is 4.79 Å². The number of carbonyl (C=O) groups excluding carboxylic acids is 1. The van der Waals surface area contributed by atoms with E-state index in [1.165, 1.54) is 0 Å². The molecule has 6 heteroatoms. The van der Waals surface area contributed by atoms with Crippen LogP contribution in [-0.4, -0.2) is 27.3 Å². The fourth-order valence-corrected chi connectivity index (χ4v) is 3.18. The topological polar surface area (TPSA) is 70.5 Å². The van der Waals surface area contributed by atoms with E-state index in [-0.39, 0.29) is 5.56 Å². The highest BCUT2D eigenvalue weighted by Crippen LogP contribution is 2.39. The Morgan fingerprint density at radius 3 is 3.09 bits per heavy atom. The lowest BCUT2D eigenvalue weighted by atomic mass is 10.1. The van der Waals surface area contributed by atoms with Gasteiger partial charge in [-0.25, -0.2) is 4.98 Å². The van der Waals surface area contributed by atoms with Crippen LogP contribution in [0.4, 0.5) is 5.69 Å². The zero-order chi connectivity index (χ0) is 15.3. The molecule has 4 rings (SSSR count). The molecular weight excluding hydrogens is 280 g/mol. The fraction of sp³-hybridized carbons (Fsp3) is 0.188. The molecule has 0 fully saturated rings. The van der Waals surface area contributed by atoms with Gasteiger partial charge < -0.3 is 9.88 Å². The lowest BCUT2D eigenvalue weighted by molar-refractivity contribution is -0.107. The Morgan fingerprint density at radius 1 is 1.45 bits per heavy atom. The van der Waals surface area contributed by atoms with Gasteiger partial charge in [-0.05, 0) is 18.6 Å². The van der Waals surface area contributed by atoms with Crippen molar-refractivity contribution in [3.05, 3.63) is 52.2 Å². The number of carbonyl (C=O) groups is 1. The highest BCUT2D eigenvalue weighted by Gasteiger charge is 2.26. The number of rotatable bonds is 3. The third kappa shape index (κ3) is 1.57. The van der Waals surface area contributed by atoms with Gasteiger partial charge in [0.2, 0.25) is 12.1 Å². The Labute approximate surface area is 126 Å². The van der Waals surface area contributed by atoms with E-state index >= 15 is 0 Å². The maximum atomic E-state index is 12.1. The first kappa shape index (κ1) is 12.8. The Balaban J connectivity index is 2.00. The molecule has 2 heterocycles. The second-order valence-electron chi connectivity index (χ2n) is 5.27. The van der Waals surface area contributed by atoms with Gasteiger partial charge in [-0.2, -0.15) is 0 Å². The molecular formula is C16H14N4O2. The van der Waals surface area contributed by atoms with E-state index in [0.717, 1.165) is 34.6 Å². The minimum atomic E-state index is -0.204. The average Bonchev–Trinajstić information content (AvgIpc) is 3.14. The molecule has 0 saturated carbocycles. The minimum Gasteiger partial charge on any atom is -0.317 e. The van der Waals surface area contributed by atoms with Crippen LogP contribution in [-0.2, 0) is 11.2 Å². The summed E-state index contributed by atoms with van der Waals surface area (Å²) in [4.78, 5) is 32.1. The smallest absolute Gasteiger partial charge is 0.292 e. The number of benzene rings is 1. The second-order valence-corrected chi connectivity index (χ2v) is 5.27. The summed E-state index contributed by atoms with van der Waals surface area (Å²) >= 11 is 0. The van der Waals surface area contributed by atoms with Crippen LogP contribution in [0, 0.1) is 0 Å². The predicted octanol–water partition coefficient (Wildman–Crippen LogP) is 1.58. The molecule has 0 saturated heterocycles. The average molecular weight is 294 g/mol. The van der Waals surface area contributed by atoms with E-state index < -0.39 is 0 Å². The molecule has 0 spiro atoms. The molecule has 0 aliphatic heterocycles. The monoisotopic (exact) mass is 294 g/mol. The molecule has 1 aromatic carbocycles. The molecule has 2 aromatic heterocycles. The van der Waals surface area contributed by atoms with Gasteiger partial charge in [0.15, 0.2) is 0 Å². The molecule has 0 unspecified atom stereocenters. The highest BCUT2D eigenvalue weighted by molar-refractivity contribution is 5.85. The van der Waals surface area contributed by atoms with Gasteiger partial charge in [0, 0.05) is 36.6 Å². The van der Waals surface area contributed by atoms with Crippen LogP contribution < -0.4 is 10.5 Å². The predicted molar refractivity (Wildman–Crippen MR) is 83.1 cm³/mol. The van der Waals surface area contributed by atoms with Crippen molar-refractivity contribution in [1.82, 2.24) is 14.4 Å². The highest BCUT2D eigenvalue weighted by atomic mass is 16.1. The molecule has 0 atom stereocenters. The van der Waals surface area contributed by atoms with Crippen LogP contribution in [0.5, 0.6) is 0 Å². The first-order valence-electron chi connectivity index (χ1n) is 7.17. The van der Waals surface area contributed by atoms with Crippen molar-refractivity contribution in [2.75, 3.05) is 11.4 Å². The summed E-state index contributed by atoms with van der Waals surface area (Å²) in [5, 5.41) is 0. The van der Waals surface area contributed by atoms with Crippen LogP contribution in [0.2, 0.25) is 0 Å². The number of hydrogen-bond acceptors (Lipinski definition) is 3. The van der Waals surface area contributed by atoms with E-state index in [1.54, 1.807) is 17.3 Å². The van der Waals surface area contributed by atoms with E-state index in [4.69, 9.17) is 0 Å². The van der Waals surface area contributed by atoms with Crippen molar-refractivity contribution >= 4 is 17.7 Å². The Morgan fingerprint density at radius 2 is 2.32 bits per heavy atom. The van der Waals surface area contributed by atoms with Gasteiger partial charge in [-0.3, -0.25) is 14.0 Å². The molecule has 1 aliphatic rings. The van der Waals surface area contributed by atoms with Gasteiger partial charge in [0.25, 0.3) is 5.56 Å². The van der Waals surface area contributed by atoms with Crippen LogP contribution in [0.15, 0.2) is 35.4 Å². The Hall–Kier alpha value is -2.89. The zero-order valence-corrected chi connectivity index (χ0v) is 12.0. The fourth-order valence-electron chi connectivity index (χ4n) is 3.18. The Kier molecular flexibility index (Phi) is 2.66. The van der Waals surface area contributed by atoms with Gasteiger partial charge in [-0.1, -0.05) is 12.1 Å². The van der Waals surface area contributed by atoms with E-state index in [0.29, 0.717) is 18.6 Å². The third-order valence-corrected chi connectivity index (χ3v) is 4.20. The van der Waals surface area contributed by atoms with Crippen molar-refractivity contribution in [2.24, 2.45) is 0 Å². The molecule has 6 nitrogen and oxygen atoms in total. The van der Waals surface area contributed by atoms with Crippen molar-refractivity contribution in [1.29, 1.82) is 0 Å². The molecule has 3 aromatic rings. The number of imidazole rings is 1. The molecule has 0 bridgehead atoms. The summed E-state index contributed by atoms with van der Waals surface area (Å²) in [5.41, 5.74) is 4.93. The van der Waals surface area contributed by atoms with Gasteiger partial charge in [-0.15, -0.1) is 0 Å². The van der Waals surface area contributed by atoms with Crippen molar-refractivity contribution in [2.45, 2.75) is 13.3 Å². The van der Waals surface area contributed by atoms with Crippen LogP contribution in [0.3, 0.4) is 0 Å². The van der Waals surface area contributed by atoms with Gasteiger partial charge >= 0.3 is 0 Å². The van der Waals surface area contributed by atoms with Gasteiger partial charge in [0.1, 0.15) is 0 Å². The number of aromatic amines is 1. The molecule has 1 amide bonds. The summed E-state index contributed by atoms with van der Waals surface area (Å²) in [6.07, 6.45) is 4.92. The van der Waals surface area contributed by atoms with E-state index in [9.17, 15) is 9.59 Å². The lowest BCUT2D eigenvalue weighted by Gasteiger charge is -2.18. The normalized spacial score (nSPS) is 12.2. The zero-order valence-electron chi connectivity index (χ0n) is 12.0. The number of nitrogens with one attached hydrogen (secondary N) is 1. The quantitative estimate of drug-likeness (QED) is 0.583. The maximum absolute atomic E-state index is 12.1. The number of hydrogen-bond donors (Lipinski definition) is 1. The Bertz CT molecular complexity index is 954. The van der Waals surface area contributed by atoms with Crippen LogP contribution in [0.25, 0.3) is 16.9 Å². The van der Waals surface area contributed by atoms with Crippen LogP contribution in [0.1, 0.15) is 18.2 Å². The van der Waals surface area contributed by atoms with Crippen LogP contribution >= 0.6 is 0 Å². The summed E-state index contributed by atoms with van der Waals surface area (Å²) in [6.45, 7) is 2.54. The summed E-state index contributed by atoms with van der Waals surface area (Å²) in [5.74, 6) is 0. The molecule has 1 aliphatic carbocycles. The number of aromatic nitrogens is 3.